The van der Waals surface area contributed by atoms with Crippen LogP contribution in [0.15, 0.2) is 92.6 Å². The molecule has 36 heteroatoms. The number of anilines is 7. The van der Waals surface area contributed by atoms with Crippen LogP contribution in [0.3, 0.4) is 0 Å². The zero-order chi connectivity index (χ0) is 87.6. The number of amides is 3. The van der Waals surface area contributed by atoms with Crippen LogP contribution in [-0.2, 0) is 65.6 Å². The molecule has 3 amide bonds. The quantitative estimate of drug-likeness (QED) is 0.0403. The summed E-state index contributed by atoms with van der Waals surface area (Å²) < 4.78 is 138. The van der Waals surface area contributed by atoms with Crippen LogP contribution < -0.4 is 44.2 Å². The van der Waals surface area contributed by atoms with E-state index in [0.29, 0.717) is 163 Å². The van der Waals surface area contributed by atoms with Gasteiger partial charge in [-0.05, 0) is 166 Å². The third kappa shape index (κ3) is 20.5. The highest BCUT2D eigenvalue weighted by molar-refractivity contribution is 5.89. The van der Waals surface area contributed by atoms with E-state index in [2.05, 4.69) is 83.2 Å². The predicted octanol–water partition coefficient (Wildman–Crippen LogP) is 10.7. The fraction of sp³-hybridized carbons (Fsp3) is 0.517. The standard InChI is InChI=1S/C29H34F4N8O.C29H33F4N7O2.C29H36FN7O2/c1-4-26(42)41-13-12-40(17-21(41)15-34-2)27-22-9-11-39(25-8-7-19(30)14-23(25)29(31,32)33)18-24(22)36-28(37-27)35-16-20-6-5-10-38(20)3;1-4-25(41)40-14-13-39(16-20(40)15-34-2)27-21-10-12-38(26-22(29(31,32)33)8-5-9-23(26)30)17-24(21)35-28(36-27)42-18-19-7-6-11-37(19)3;1-5-27(38)37-15-14-36(17-22(37)16-31-3)28-23-11-13-35(26-10-6-9-24(30)20(26)2)18-25(23)32-29(33-28)39-19-21-8-7-12-34(21)4/h4,7-8,14,20-21H,1,5-6,9-13,15-18H2,3H3,(H,35,36,37);4-5,8-9,19-20H,1,6-7,10-18H2,3H3;5-6,9-10,21-22H,1,7-8,11-19H2,2,4H3/t20-,21?;19-,20?;21-,22?/m000/s1. The maximum atomic E-state index is 14.9. The van der Waals surface area contributed by atoms with E-state index in [1.807, 2.05) is 22.9 Å². The SMILES string of the molecule is [C-]#[N+]CC1CN(c2nc(NC[C@@H]3CCCN3C)nc3c2CCN(c2ccc(F)cc2C(F)(F)F)C3)CCN1C(=O)C=C.[C-]#[N+]CC1CN(c2nc(OC[C@@H]3CCCN3C)nc3c2CCN(c2c(F)cccc2C(F)(F)F)C3)CCN1C(=O)C=C.[C-]#[N+]CC1CN(c2nc(OC[C@@H]3CCCN3C)nc3c2CCN(c2cccc(F)c2C)C3)CCN1C(=O)C=C. The molecule has 123 heavy (non-hydrogen) atoms. The summed E-state index contributed by atoms with van der Waals surface area (Å²) in [7, 11) is 6.20. The first kappa shape index (κ1) is 89.2. The van der Waals surface area contributed by atoms with Crippen LogP contribution in [0.5, 0.6) is 12.0 Å². The minimum Gasteiger partial charge on any atom is -0.462 e. The largest absolute Gasteiger partial charge is 0.462 e. The number of carbonyl (C=O) groups is 3. The molecule has 0 radical (unpaired) electrons. The lowest BCUT2D eigenvalue weighted by molar-refractivity contribution is -0.138. The molecule has 6 saturated heterocycles. The Morgan fingerprint density at radius 2 is 0.894 bits per heavy atom. The van der Waals surface area contributed by atoms with Crippen molar-refractivity contribution in [2.45, 2.75) is 133 Å². The minimum absolute atomic E-state index is 0.0606. The second-order valence-corrected chi connectivity index (χ2v) is 32.4. The molecule has 9 aliphatic heterocycles. The van der Waals surface area contributed by atoms with E-state index in [1.54, 1.807) is 32.6 Å². The van der Waals surface area contributed by atoms with E-state index in [1.165, 1.54) is 35.3 Å². The van der Waals surface area contributed by atoms with Crippen molar-refractivity contribution in [2.24, 2.45) is 0 Å². The van der Waals surface area contributed by atoms with Crippen molar-refractivity contribution in [1.82, 2.24) is 59.3 Å². The maximum Gasteiger partial charge on any atom is 0.418 e. The number of halogens is 9. The first-order valence-electron chi connectivity index (χ1n) is 41.6. The second kappa shape index (κ2) is 39.3. The predicted molar refractivity (Wildman–Crippen MR) is 449 cm³/mol. The van der Waals surface area contributed by atoms with Gasteiger partial charge in [0.1, 0.15) is 66.2 Å². The van der Waals surface area contributed by atoms with Crippen LogP contribution >= 0.6 is 0 Å². The van der Waals surface area contributed by atoms with Gasteiger partial charge in [-0.15, -0.1) is 0 Å². The molecule has 9 aliphatic rings. The molecular formula is C87H103F9N22O5. The Morgan fingerprint density at radius 1 is 0.480 bits per heavy atom. The topological polar surface area (TPSA) is 211 Å². The van der Waals surface area contributed by atoms with Gasteiger partial charge in [0, 0.05) is 137 Å². The van der Waals surface area contributed by atoms with Crippen molar-refractivity contribution in [1.29, 1.82) is 0 Å². The Hall–Kier alpha value is -11.6. The second-order valence-electron chi connectivity index (χ2n) is 32.4. The van der Waals surface area contributed by atoms with E-state index in [4.69, 9.17) is 54.1 Å². The van der Waals surface area contributed by atoms with Gasteiger partial charge in [0.25, 0.3) is 0 Å². The van der Waals surface area contributed by atoms with Gasteiger partial charge in [0.05, 0.1) is 53.5 Å². The molecule has 1 N–H and O–H groups in total. The van der Waals surface area contributed by atoms with Gasteiger partial charge >= 0.3 is 24.4 Å². The molecule has 654 valence electrons. The van der Waals surface area contributed by atoms with Crippen LogP contribution in [0.4, 0.5) is 80.0 Å². The van der Waals surface area contributed by atoms with Gasteiger partial charge in [-0.25, -0.2) is 37.9 Å². The number of alkyl halides is 6. The number of hydrogen-bond acceptors (Lipinski definition) is 21. The Kier molecular flexibility index (Phi) is 28.5. The molecule has 0 bridgehead atoms. The molecule has 6 fully saturated rings. The van der Waals surface area contributed by atoms with Crippen molar-refractivity contribution in [3.8, 4) is 12.0 Å². The van der Waals surface area contributed by atoms with Gasteiger partial charge in [0.2, 0.25) is 43.3 Å². The Morgan fingerprint density at radius 3 is 1.33 bits per heavy atom. The van der Waals surface area contributed by atoms with Gasteiger partial charge in [-0.2, -0.15) is 51.3 Å². The van der Waals surface area contributed by atoms with Crippen molar-refractivity contribution >= 4 is 58.2 Å². The number of fused-ring (bicyclic) bond motifs is 3. The number of nitrogens with zero attached hydrogens (tertiary/aromatic N) is 21. The molecule has 3 unspecified atom stereocenters. The summed E-state index contributed by atoms with van der Waals surface area (Å²) in [5, 5.41) is 3.35. The first-order chi connectivity index (χ1) is 59.1. The monoisotopic (exact) mass is 1710 g/mol. The summed E-state index contributed by atoms with van der Waals surface area (Å²) in [6.07, 6.45) is 2.11. The van der Waals surface area contributed by atoms with Gasteiger partial charge in [-0.3, -0.25) is 14.4 Å². The number of nitrogens with one attached hydrogen (secondary N) is 1. The Labute approximate surface area is 710 Å². The average molecular weight is 1710 g/mol. The Bertz CT molecular complexity index is 4990. The van der Waals surface area contributed by atoms with Crippen molar-refractivity contribution < 1.29 is 63.4 Å². The summed E-state index contributed by atoms with van der Waals surface area (Å²) in [5.41, 5.74) is 3.39. The smallest absolute Gasteiger partial charge is 0.418 e. The van der Waals surface area contributed by atoms with E-state index in [9.17, 15) is 53.9 Å². The number of benzene rings is 3. The Balaban J connectivity index is 0.000000159. The van der Waals surface area contributed by atoms with E-state index >= 15 is 0 Å². The molecular weight excluding hydrogens is 1600 g/mol. The van der Waals surface area contributed by atoms with Crippen molar-refractivity contribution in [2.75, 3.05) is 193 Å². The summed E-state index contributed by atoms with van der Waals surface area (Å²) in [6, 6.07) is 11.2. The lowest BCUT2D eigenvalue weighted by Gasteiger charge is -2.41. The van der Waals surface area contributed by atoms with Crippen LogP contribution in [0.1, 0.15) is 89.0 Å². The van der Waals surface area contributed by atoms with Crippen LogP contribution in [0.2, 0.25) is 0 Å². The summed E-state index contributed by atoms with van der Waals surface area (Å²) in [5.74, 6) is -0.322. The highest BCUT2D eigenvalue weighted by Crippen LogP contribution is 2.44. The third-order valence-corrected chi connectivity index (χ3v) is 24.8. The number of likely N-dealkylation sites (tertiary alicyclic amines) is 3. The highest BCUT2D eigenvalue weighted by atomic mass is 19.4. The zero-order valence-corrected chi connectivity index (χ0v) is 69.7. The molecule has 6 atom stereocenters. The average Bonchev–Trinajstić information content (AvgIpc) is 1.45. The lowest BCUT2D eigenvalue weighted by atomic mass is 10.0. The molecule has 27 nitrogen and oxygen atoms in total. The molecule has 12 heterocycles. The number of piperazine rings is 3. The van der Waals surface area contributed by atoms with Crippen LogP contribution in [0.25, 0.3) is 14.5 Å². The van der Waals surface area contributed by atoms with Gasteiger partial charge in [0.15, 0.2) is 0 Å². The molecule has 0 spiro atoms. The molecule has 0 aliphatic carbocycles. The normalized spacial score (nSPS) is 21.3. The summed E-state index contributed by atoms with van der Waals surface area (Å²) in [4.78, 5) is 99.8. The molecule has 15 rings (SSSR count). The van der Waals surface area contributed by atoms with E-state index in [-0.39, 0.29) is 106 Å². The van der Waals surface area contributed by atoms with E-state index < -0.39 is 46.8 Å². The van der Waals surface area contributed by atoms with Crippen molar-refractivity contribution in [3.05, 3.63) is 195 Å². The molecule has 0 saturated carbocycles. The van der Waals surface area contributed by atoms with Gasteiger partial charge < -0.3 is 88.1 Å². The summed E-state index contributed by atoms with van der Waals surface area (Å²) in [6.45, 7) is 45.4. The number of carbonyl (C=O) groups excluding carboxylic acids is 3. The maximum absolute atomic E-state index is 14.9. The molecule has 3 aromatic carbocycles. The molecule has 3 aromatic heterocycles. The fourth-order valence-corrected chi connectivity index (χ4v) is 18.1. The minimum atomic E-state index is -4.73. The zero-order valence-electron chi connectivity index (χ0n) is 69.7. The lowest BCUT2D eigenvalue weighted by Crippen LogP contribution is -2.56. The highest BCUT2D eigenvalue weighted by Gasteiger charge is 2.43. The first-order valence-corrected chi connectivity index (χ1v) is 41.6. The van der Waals surface area contributed by atoms with E-state index in [0.717, 1.165) is 116 Å². The number of ether oxygens (including phenoxy) is 2. The summed E-state index contributed by atoms with van der Waals surface area (Å²) >= 11 is 0. The van der Waals surface area contributed by atoms with Crippen LogP contribution in [-0.4, -0.2) is 272 Å². The number of rotatable bonds is 21. The fourth-order valence-electron chi connectivity index (χ4n) is 18.1. The molecule has 6 aromatic rings. The van der Waals surface area contributed by atoms with Gasteiger partial charge in [-0.1, -0.05) is 31.9 Å². The third-order valence-electron chi connectivity index (χ3n) is 24.8. The number of aromatic nitrogens is 6. The number of para-hydroxylation sites is 1. The van der Waals surface area contributed by atoms with Crippen LogP contribution in [0, 0.1) is 44.1 Å². The number of likely N-dealkylation sites (N-methyl/N-ethyl adjacent to an activating group) is 3. The van der Waals surface area contributed by atoms with Crippen molar-refractivity contribution in [3.63, 3.8) is 0 Å². The number of hydrogen-bond donors (Lipinski definition) is 1.